The second-order valence-corrected chi connectivity index (χ2v) is 1.39. The predicted octanol–water partition coefficient (Wildman–Crippen LogP) is 1.13. The lowest BCUT2D eigenvalue weighted by Crippen LogP contribution is -1.81. The van der Waals surface area contributed by atoms with E-state index in [1.54, 1.807) is 0 Å². The van der Waals surface area contributed by atoms with Gasteiger partial charge in [0.1, 0.15) is 5.78 Å². The summed E-state index contributed by atoms with van der Waals surface area (Å²) in [5.41, 5.74) is 0. The third-order valence-electron chi connectivity index (χ3n) is 0.858. The summed E-state index contributed by atoms with van der Waals surface area (Å²) in [4.78, 5) is 10.5. The molecule has 0 radical (unpaired) electrons. The van der Waals surface area contributed by atoms with Gasteiger partial charge in [-0.3, -0.25) is 4.79 Å². The van der Waals surface area contributed by atoms with E-state index >= 15 is 0 Å². The van der Waals surface area contributed by atoms with E-state index in [0.29, 0.717) is 12.8 Å². The van der Waals surface area contributed by atoms with Crippen molar-refractivity contribution in [3.05, 3.63) is 0 Å². The van der Waals surface area contributed by atoms with Crippen molar-refractivity contribution in [1.29, 1.82) is 0 Å². The van der Waals surface area contributed by atoms with E-state index in [1.165, 1.54) is 0 Å². The fraction of sp³-hybridized carbons (Fsp3) is 0.800. The van der Waals surface area contributed by atoms with Crippen molar-refractivity contribution in [2.75, 3.05) is 0 Å². The summed E-state index contributed by atoms with van der Waals surface area (Å²) in [6.45, 7) is 0. The molecule has 0 spiro atoms. The van der Waals surface area contributed by atoms with Crippen molar-refractivity contribution in [1.82, 2.24) is 0 Å². The summed E-state index contributed by atoms with van der Waals surface area (Å²) < 4.78 is 14.0. The molecular weight excluding hydrogens is 76.1 g/mol. The summed E-state index contributed by atoms with van der Waals surface area (Å²) in [7, 11) is 0. The third kappa shape index (κ3) is 0.588. The number of Topliss-reactive ketones (excluding diaryl/α,β-unsaturated/α-hetero) is 1. The number of hydrogen-bond acceptors (Lipinski definition) is 1. The van der Waals surface area contributed by atoms with E-state index in [2.05, 4.69) is 0 Å². The van der Waals surface area contributed by atoms with Crippen molar-refractivity contribution < 1.29 is 7.54 Å². The third-order valence-corrected chi connectivity index (χ3v) is 0.858. The Morgan fingerprint density at radius 1 is 1.50 bits per heavy atom. The first-order valence-electron chi connectivity index (χ1n) is 3.25. The van der Waals surface area contributed by atoms with Gasteiger partial charge in [-0.25, -0.2) is 0 Å². The van der Waals surface area contributed by atoms with Gasteiger partial charge in [-0.05, 0) is 12.8 Å². The van der Waals surface area contributed by atoms with Crippen LogP contribution >= 0.6 is 0 Å². The van der Waals surface area contributed by atoms with Crippen LogP contribution in [0.4, 0.5) is 0 Å². The molecule has 1 heteroatoms. The Balaban J connectivity index is 2.57. The molecule has 0 heterocycles. The summed E-state index contributed by atoms with van der Waals surface area (Å²) in [5, 5.41) is 0. The zero-order chi connectivity index (χ0) is 6.15. The van der Waals surface area contributed by atoms with E-state index in [1.807, 2.05) is 0 Å². The summed E-state index contributed by atoms with van der Waals surface area (Å²) in [6, 6.07) is 0. The maximum atomic E-state index is 10.5. The normalized spacial score (nSPS) is 51.7. The van der Waals surface area contributed by atoms with Crippen LogP contribution in [-0.2, 0) is 4.79 Å². The van der Waals surface area contributed by atoms with Crippen molar-refractivity contribution in [3.8, 4) is 0 Å². The number of carbonyl (C=O) groups is 1. The molecule has 0 N–H and O–H groups in total. The molecule has 1 fully saturated rings. The molecular formula is C5H8O. The molecule has 1 nitrogen and oxygen atoms in total. The maximum Gasteiger partial charge on any atom is 0.132 e. The Morgan fingerprint density at radius 3 is 2.17 bits per heavy atom. The lowest BCUT2D eigenvalue weighted by atomic mass is 10.4. The van der Waals surface area contributed by atoms with Crippen molar-refractivity contribution in [2.45, 2.75) is 25.6 Å². The lowest BCUT2D eigenvalue weighted by Gasteiger charge is -1.71. The molecule has 0 aromatic rings. The van der Waals surface area contributed by atoms with Crippen LogP contribution in [0.2, 0.25) is 0 Å². The first-order chi connectivity index (χ1) is 3.72. The van der Waals surface area contributed by atoms with Crippen LogP contribution in [0.3, 0.4) is 0 Å². The van der Waals surface area contributed by atoms with Crippen LogP contribution in [0, 0.1) is 0 Å². The standard InChI is InChI=1S/C5H8O/c6-5-3-1-2-4-5/h1-4H2/i3D,4D. The number of ketones is 1. The molecule has 0 saturated heterocycles. The molecule has 6 heavy (non-hydrogen) atoms. The lowest BCUT2D eigenvalue weighted by molar-refractivity contribution is -0.117. The topological polar surface area (TPSA) is 17.1 Å². The van der Waals surface area contributed by atoms with Crippen LogP contribution in [-0.4, -0.2) is 5.78 Å². The highest BCUT2D eigenvalue weighted by Gasteiger charge is 2.07. The van der Waals surface area contributed by atoms with Gasteiger partial charge in [0.05, 0.1) is 0 Å². The van der Waals surface area contributed by atoms with E-state index < -0.39 is 12.8 Å². The zero-order valence-corrected chi connectivity index (χ0v) is 3.48. The number of hydrogen-bond donors (Lipinski definition) is 0. The molecule has 1 aliphatic rings. The minimum atomic E-state index is -0.586. The van der Waals surface area contributed by atoms with E-state index in [-0.39, 0.29) is 5.78 Å². The van der Waals surface area contributed by atoms with Gasteiger partial charge in [-0.2, -0.15) is 0 Å². The molecule has 0 aromatic heterocycles. The van der Waals surface area contributed by atoms with Crippen LogP contribution in [0.5, 0.6) is 0 Å². The van der Waals surface area contributed by atoms with Crippen LogP contribution < -0.4 is 0 Å². The molecule has 34 valence electrons. The van der Waals surface area contributed by atoms with Gasteiger partial charge in [0.25, 0.3) is 0 Å². The monoisotopic (exact) mass is 86.1 g/mol. The van der Waals surface area contributed by atoms with Gasteiger partial charge in [-0.1, -0.05) is 0 Å². The molecule has 2 atom stereocenters. The Hall–Kier alpha value is -0.330. The van der Waals surface area contributed by atoms with Gasteiger partial charge in [0, 0.05) is 15.5 Å². The highest BCUT2D eigenvalue weighted by Crippen LogP contribution is 2.11. The molecule has 2 unspecified atom stereocenters. The fourth-order valence-electron chi connectivity index (χ4n) is 0.535. The molecule has 1 aliphatic carbocycles. The Morgan fingerprint density at radius 2 is 2.00 bits per heavy atom. The van der Waals surface area contributed by atoms with Gasteiger partial charge in [-0.15, -0.1) is 0 Å². The highest BCUT2D eigenvalue weighted by molar-refractivity contribution is 5.79. The second kappa shape index (κ2) is 1.41. The molecule has 1 rings (SSSR count). The minimum Gasteiger partial charge on any atom is -0.300 e. The van der Waals surface area contributed by atoms with Crippen LogP contribution in [0.15, 0.2) is 0 Å². The highest BCUT2D eigenvalue weighted by atomic mass is 16.1. The van der Waals surface area contributed by atoms with Gasteiger partial charge in [0.2, 0.25) is 0 Å². The quantitative estimate of drug-likeness (QED) is 0.432. The van der Waals surface area contributed by atoms with Gasteiger partial charge >= 0.3 is 0 Å². The van der Waals surface area contributed by atoms with Crippen molar-refractivity contribution in [2.24, 2.45) is 0 Å². The Kier molecular flexibility index (Phi) is 0.495. The Bertz CT molecular complexity index is 101. The molecule has 0 amide bonds. The first-order valence-corrected chi connectivity index (χ1v) is 2.10. The van der Waals surface area contributed by atoms with E-state index in [4.69, 9.17) is 2.74 Å². The average Bonchev–Trinajstić information content (AvgIpc) is 1.98. The zero-order valence-electron chi connectivity index (χ0n) is 5.48. The van der Waals surface area contributed by atoms with Gasteiger partial charge < -0.3 is 0 Å². The predicted molar refractivity (Wildman–Crippen MR) is 23.5 cm³/mol. The minimum absolute atomic E-state index is 0.204. The maximum absolute atomic E-state index is 10.5. The van der Waals surface area contributed by atoms with Crippen LogP contribution in [0.25, 0.3) is 0 Å². The van der Waals surface area contributed by atoms with Crippen molar-refractivity contribution in [3.63, 3.8) is 0 Å². The molecule has 1 saturated carbocycles. The fourth-order valence-corrected chi connectivity index (χ4v) is 0.535. The largest absolute Gasteiger partial charge is 0.300 e. The van der Waals surface area contributed by atoms with E-state index in [0.717, 1.165) is 0 Å². The summed E-state index contributed by atoms with van der Waals surface area (Å²) >= 11 is 0. The first kappa shape index (κ1) is 2.10. The van der Waals surface area contributed by atoms with Crippen molar-refractivity contribution >= 4 is 5.78 Å². The molecule has 0 aromatic carbocycles. The van der Waals surface area contributed by atoms with Gasteiger partial charge in [0.15, 0.2) is 0 Å². The number of carbonyl (C=O) groups excluding carboxylic acids is 1. The second-order valence-electron chi connectivity index (χ2n) is 1.39. The van der Waals surface area contributed by atoms with Crippen LogP contribution in [0.1, 0.15) is 28.4 Å². The SMILES string of the molecule is [2H]C1CCC([2H])C1=O. The molecule has 0 aliphatic heterocycles. The smallest absolute Gasteiger partial charge is 0.132 e. The number of rotatable bonds is 0. The summed E-state index contributed by atoms with van der Waals surface area (Å²) in [6.07, 6.45) is 0.00926. The average molecular weight is 86.1 g/mol. The van der Waals surface area contributed by atoms with E-state index in [9.17, 15) is 4.79 Å². The Labute approximate surface area is 40.2 Å². The molecule has 0 bridgehead atoms. The summed E-state index contributed by atoms with van der Waals surface area (Å²) in [5.74, 6) is -0.204.